The number of likely N-dealkylation sites (N-methyl/N-ethyl adjacent to an activating group) is 1. The lowest BCUT2D eigenvalue weighted by molar-refractivity contribution is 0.0182. The molecule has 1 heterocycles. The SMILES string of the molecule is CC1CCCC(N(C)CC2CCC(CN)O2)C1. The van der Waals surface area contributed by atoms with Gasteiger partial charge in [0, 0.05) is 19.1 Å². The largest absolute Gasteiger partial charge is 0.372 e. The van der Waals surface area contributed by atoms with Gasteiger partial charge in [-0.25, -0.2) is 0 Å². The molecule has 2 rings (SSSR count). The predicted molar refractivity (Wildman–Crippen MR) is 71.0 cm³/mol. The van der Waals surface area contributed by atoms with Crippen LogP contribution in [0.5, 0.6) is 0 Å². The van der Waals surface area contributed by atoms with Crippen molar-refractivity contribution in [1.29, 1.82) is 0 Å². The van der Waals surface area contributed by atoms with Gasteiger partial charge in [-0.1, -0.05) is 19.8 Å². The summed E-state index contributed by atoms with van der Waals surface area (Å²) < 4.78 is 5.93. The zero-order valence-corrected chi connectivity index (χ0v) is 11.4. The lowest BCUT2D eigenvalue weighted by Gasteiger charge is -2.35. The molecule has 17 heavy (non-hydrogen) atoms. The first-order chi connectivity index (χ1) is 8.19. The Balaban J connectivity index is 1.74. The van der Waals surface area contributed by atoms with E-state index in [1.54, 1.807) is 0 Å². The molecule has 1 saturated heterocycles. The van der Waals surface area contributed by atoms with E-state index in [1.165, 1.54) is 32.1 Å². The highest BCUT2D eigenvalue weighted by atomic mass is 16.5. The average Bonchev–Trinajstić information content (AvgIpc) is 2.77. The molecule has 4 atom stereocenters. The fourth-order valence-corrected chi connectivity index (χ4v) is 3.36. The third-order valence-corrected chi connectivity index (χ3v) is 4.48. The smallest absolute Gasteiger partial charge is 0.0707 e. The molecule has 3 heteroatoms. The van der Waals surface area contributed by atoms with Gasteiger partial charge in [0.2, 0.25) is 0 Å². The standard InChI is InChI=1S/C14H28N2O/c1-11-4-3-5-12(8-11)16(2)10-14-7-6-13(9-15)17-14/h11-14H,3-10,15H2,1-2H3. The summed E-state index contributed by atoms with van der Waals surface area (Å²) in [5.74, 6) is 0.900. The Morgan fingerprint density at radius 2 is 1.94 bits per heavy atom. The maximum atomic E-state index is 5.93. The molecular formula is C14H28N2O. The van der Waals surface area contributed by atoms with Crippen LogP contribution in [0.3, 0.4) is 0 Å². The van der Waals surface area contributed by atoms with Crippen LogP contribution in [-0.4, -0.2) is 43.3 Å². The minimum absolute atomic E-state index is 0.318. The highest BCUT2D eigenvalue weighted by Crippen LogP contribution is 2.28. The molecule has 0 bridgehead atoms. The molecule has 2 aliphatic rings. The van der Waals surface area contributed by atoms with E-state index >= 15 is 0 Å². The van der Waals surface area contributed by atoms with Gasteiger partial charge < -0.3 is 15.4 Å². The van der Waals surface area contributed by atoms with Gasteiger partial charge >= 0.3 is 0 Å². The second kappa shape index (κ2) is 6.17. The van der Waals surface area contributed by atoms with Gasteiger partial charge in [0.1, 0.15) is 0 Å². The van der Waals surface area contributed by atoms with Gasteiger partial charge in [0.25, 0.3) is 0 Å². The number of ether oxygens (including phenoxy) is 1. The monoisotopic (exact) mass is 240 g/mol. The lowest BCUT2D eigenvalue weighted by atomic mass is 9.86. The highest BCUT2D eigenvalue weighted by molar-refractivity contribution is 4.81. The van der Waals surface area contributed by atoms with Crippen molar-refractivity contribution in [3.05, 3.63) is 0 Å². The van der Waals surface area contributed by atoms with Crippen LogP contribution in [-0.2, 0) is 4.74 Å². The van der Waals surface area contributed by atoms with Crippen LogP contribution in [0.15, 0.2) is 0 Å². The number of rotatable bonds is 4. The number of hydrogen-bond donors (Lipinski definition) is 1. The van der Waals surface area contributed by atoms with Crippen LogP contribution in [0.1, 0.15) is 45.4 Å². The summed E-state index contributed by atoms with van der Waals surface area (Å²) in [6.07, 6.45) is 8.62. The molecule has 1 aliphatic heterocycles. The van der Waals surface area contributed by atoms with E-state index < -0.39 is 0 Å². The van der Waals surface area contributed by atoms with Crippen LogP contribution in [0.4, 0.5) is 0 Å². The fourth-order valence-electron chi connectivity index (χ4n) is 3.36. The molecule has 0 aromatic rings. The Kier molecular flexibility index (Phi) is 4.83. The van der Waals surface area contributed by atoms with Crippen LogP contribution in [0, 0.1) is 5.92 Å². The van der Waals surface area contributed by atoms with Crippen LogP contribution in [0.2, 0.25) is 0 Å². The van der Waals surface area contributed by atoms with Gasteiger partial charge in [0.15, 0.2) is 0 Å². The predicted octanol–water partition coefficient (Wildman–Crippen LogP) is 2.00. The first-order valence-electron chi connectivity index (χ1n) is 7.24. The molecule has 1 aliphatic carbocycles. The summed E-state index contributed by atoms with van der Waals surface area (Å²) in [7, 11) is 2.27. The Bertz CT molecular complexity index is 234. The van der Waals surface area contributed by atoms with E-state index in [9.17, 15) is 0 Å². The van der Waals surface area contributed by atoms with Crippen molar-refractivity contribution in [2.45, 2.75) is 63.7 Å². The summed E-state index contributed by atoms with van der Waals surface area (Å²) in [6.45, 7) is 4.16. The van der Waals surface area contributed by atoms with Crippen LogP contribution >= 0.6 is 0 Å². The average molecular weight is 240 g/mol. The molecule has 0 amide bonds. The maximum absolute atomic E-state index is 5.93. The minimum Gasteiger partial charge on any atom is -0.372 e. The molecule has 2 fully saturated rings. The van der Waals surface area contributed by atoms with E-state index in [-0.39, 0.29) is 0 Å². The van der Waals surface area contributed by atoms with Gasteiger partial charge in [-0.15, -0.1) is 0 Å². The Morgan fingerprint density at radius 3 is 2.59 bits per heavy atom. The molecule has 0 spiro atoms. The number of hydrogen-bond acceptors (Lipinski definition) is 3. The van der Waals surface area contributed by atoms with Crippen molar-refractivity contribution in [2.75, 3.05) is 20.1 Å². The molecule has 1 saturated carbocycles. The van der Waals surface area contributed by atoms with Crippen molar-refractivity contribution in [3.63, 3.8) is 0 Å². The fraction of sp³-hybridized carbons (Fsp3) is 1.00. The summed E-state index contributed by atoms with van der Waals surface area (Å²) in [6, 6.07) is 0.777. The lowest BCUT2D eigenvalue weighted by Crippen LogP contribution is -2.40. The Morgan fingerprint density at radius 1 is 1.18 bits per heavy atom. The third kappa shape index (κ3) is 3.67. The Hall–Kier alpha value is -0.120. The minimum atomic E-state index is 0.318. The van der Waals surface area contributed by atoms with Gasteiger partial charge in [-0.2, -0.15) is 0 Å². The summed E-state index contributed by atoms with van der Waals surface area (Å²) >= 11 is 0. The summed E-state index contributed by atoms with van der Waals surface area (Å²) in [4.78, 5) is 2.53. The summed E-state index contributed by atoms with van der Waals surface area (Å²) in [5, 5.41) is 0. The Labute approximate surface area is 106 Å². The molecule has 0 radical (unpaired) electrons. The number of nitrogens with two attached hydrogens (primary N) is 1. The summed E-state index contributed by atoms with van der Waals surface area (Å²) in [5.41, 5.74) is 5.65. The van der Waals surface area contributed by atoms with Gasteiger partial charge in [0.05, 0.1) is 12.2 Å². The van der Waals surface area contributed by atoms with Crippen molar-refractivity contribution in [2.24, 2.45) is 11.7 Å². The molecule has 3 nitrogen and oxygen atoms in total. The molecular weight excluding hydrogens is 212 g/mol. The van der Waals surface area contributed by atoms with Crippen molar-refractivity contribution < 1.29 is 4.74 Å². The van der Waals surface area contributed by atoms with Gasteiger partial charge in [-0.05, 0) is 38.6 Å². The zero-order chi connectivity index (χ0) is 12.3. The normalized spacial score (nSPS) is 38.8. The van der Waals surface area contributed by atoms with E-state index in [2.05, 4.69) is 18.9 Å². The van der Waals surface area contributed by atoms with Crippen molar-refractivity contribution in [1.82, 2.24) is 4.90 Å². The van der Waals surface area contributed by atoms with E-state index in [0.717, 1.165) is 24.9 Å². The second-order valence-electron chi connectivity index (χ2n) is 6.06. The zero-order valence-electron chi connectivity index (χ0n) is 11.4. The van der Waals surface area contributed by atoms with Crippen molar-refractivity contribution >= 4 is 0 Å². The highest BCUT2D eigenvalue weighted by Gasteiger charge is 2.28. The second-order valence-corrected chi connectivity index (χ2v) is 6.06. The topological polar surface area (TPSA) is 38.5 Å². The number of nitrogens with zero attached hydrogens (tertiary/aromatic N) is 1. The molecule has 4 unspecified atom stereocenters. The molecule has 2 N–H and O–H groups in total. The van der Waals surface area contributed by atoms with E-state index in [0.29, 0.717) is 18.8 Å². The van der Waals surface area contributed by atoms with Crippen LogP contribution in [0.25, 0.3) is 0 Å². The third-order valence-electron chi connectivity index (χ3n) is 4.48. The van der Waals surface area contributed by atoms with E-state index in [4.69, 9.17) is 10.5 Å². The van der Waals surface area contributed by atoms with E-state index in [1.807, 2.05) is 0 Å². The molecule has 100 valence electrons. The maximum Gasteiger partial charge on any atom is 0.0707 e. The van der Waals surface area contributed by atoms with Crippen LogP contribution < -0.4 is 5.73 Å². The first kappa shape index (κ1) is 13.3. The molecule has 0 aromatic heterocycles. The van der Waals surface area contributed by atoms with Crippen molar-refractivity contribution in [3.8, 4) is 0 Å². The first-order valence-corrected chi connectivity index (χ1v) is 7.24. The molecule has 0 aromatic carbocycles. The van der Waals surface area contributed by atoms with Gasteiger partial charge in [-0.3, -0.25) is 0 Å². The quantitative estimate of drug-likeness (QED) is 0.817.